The van der Waals surface area contributed by atoms with Crippen LogP contribution in [-0.4, -0.2) is 19.4 Å². The second kappa shape index (κ2) is 5.44. The fourth-order valence-corrected chi connectivity index (χ4v) is 1.38. The van der Waals surface area contributed by atoms with Crippen molar-refractivity contribution in [3.05, 3.63) is 29.8 Å². The molecule has 0 radical (unpaired) electrons. The van der Waals surface area contributed by atoms with Gasteiger partial charge in [-0.25, -0.2) is 0 Å². The Hall–Kier alpha value is -1.65. The Labute approximate surface area is 92.4 Å². The van der Waals surface area contributed by atoms with Gasteiger partial charge in [-0.1, -0.05) is 18.2 Å². The van der Waals surface area contributed by atoms with Gasteiger partial charge in [0.25, 0.3) is 5.91 Å². The smallest absolute Gasteiger partial charge is 0.315 e. The molecule has 5 heteroatoms. The van der Waals surface area contributed by atoms with E-state index in [1.165, 1.54) is 7.11 Å². The van der Waals surface area contributed by atoms with Gasteiger partial charge in [0.05, 0.1) is 13.2 Å². The van der Waals surface area contributed by atoms with Crippen molar-refractivity contribution in [2.24, 2.45) is 0 Å². The van der Waals surface area contributed by atoms with Gasteiger partial charge in [-0.05, 0) is 13.0 Å². The molecule has 0 aliphatic carbocycles. The van der Waals surface area contributed by atoms with Gasteiger partial charge in [0.15, 0.2) is 0 Å². The standard InChI is InChI=1S/C11H13F2NO2/c1-7(14-11(15)10(12)13)8-5-3-4-6-9(8)16-2/h3-7,10H,1-2H3,(H,14,15)/t7-/m1/s1. The van der Waals surface area contributed by atoms with Gasteiger partial charge in [-0.2, -0.15) is 8.78 Å². The van der Waals surface area contributed by atoms with E-state index in [4.69, 9.17) is 4.74 Å². The third-order valence-corrected chi connectivity index (χ3v) is 2.16. The summed E-state index contributed by atoms with van der Waals surface area (Å²) in [6.45, 7) is 1.62. The molecule has 0 aliphatic heterocycles. The number of halogens is 2. The molecule has 0 unspecified atom stereocenters. The minimum Gasteiger partial charge on any atom is -0.496 e. The number of ether oxygens (including phenoxy) is 1. The molecular formula is C11H13F2NO2. The number of nitrogens with one attached hydrogen (secondary N) is 1. The number of rotatable bonds is 4. The average molecular weight is 229 g/mol. The fourth-order valence-electron chi connectivity index (χ4n) is 1.38. The Morgan fingerprint density at radius 2 is 2.00 bits per heavy atom. The molecular weight excluding hydrogens is 216 g/mol. The van der Waals surface area contributed by atoms with Gasteiger partial charge >= 0.3 is 6.43 Å². The zero-order chi connectivity index (χ0) is 12.1. The van der Waals surface area contributed by atoms with Crippen molar-refractivity contribution in [3.63, 3.8) is 0 Å². The fraction of sp³-hybridized carbons (Fsp3) is 0.364. The van der Waals surface area contributed by atoms with Gasteiger partial charge in [0, 0.05) is 5.56 Å². The largest absolute Gasteiger partial charge is 0.496 e. The zero-order valence-electron chi connectivity index (χ0n) is 9.04. The van der Waals surface area contributed by atoms with E-state index in [9.17, 15) is 13.6 Å². The van der Waals surface area contributed by atoms with E-state index < -0.39 is 18.4 Å². The van der Waals surface area contributed by atoms with Crippen LogP contribution < -0.4 is 10.1 Å². The van der Waals surface area contributed by atoms with Crippen LogP contribution in [0.3, 0.4) is 0 Å². The van der Waals surface area contributed by atoms with Crippen molar-refractivity contribution >= 4 is 5.91 Å². The first kappa shape index (κ1) is 12.4. The zero-order valence-corrected chi connectivity index (χ0v) is 9.04. The minimum absolute atomic E-state index is 0.516. The van der Waals surface area contributed by atoms with E-state index in [2.05, 4.69) is 5.32 Å². The quantitative estimate of drug-likeness (QED) is 0.859. The lowest BCUT2D eigenvalue weighted by Gasteiger charge is -2.16. The summed E-state index contributed by atoms with van der Waals surface area (Å²) in [5.41, 5.74) is 0.666. The number of methoxy groups -OCH3 is 1. The van der Waals surface area contributed by atoms with Crippen LogP contribution >= 0.6 is 0 Å². The summed E-state index contributed by atoms with van der Waals surface area (Å²) in [7, 11) is 1.49. The van der Waals surface area contributed by atoms with Crippen LogP contribution in [0.25, 0.3) is 0 Å². The molecule has 88 valence electrons. The average Bonchev–Trinajstić information content (AvgIpc) is 2.28. The van der Waals surface area contributed by atoms with Gasteiger partial charge in [-0.3, -0.25) is 4.79 Å². The van der Waals surface area contributed by atoms with Crippen molar-refractivity contribution in [3.8, 4) is 5.75 Å². The molecule has 0 saturated heterocycles. The summed E-state index contributed by atoms with van der Waals surface area (Å²) in [5, 5.41) is 2.20. The maximum Gasteiger partial charge on any atom is 0.315 e. The summed E-state index contributed by atoms with van der Waals surface area (Å²) in [6, 6.07) is 6.43. The normalized spacial score (nSPS) is 12.3. The van der Waals surface area contributed by atoms with Crippen LogP contribution in [0.4, 0.5) is 8.78 Å². The number of benzene rings is 1. The molecule has 16 heavy (non-hydrogen) atoms. The predicted octanol–water partition coefficient (Wildman–Crippen LogP) is 2.14. The number of para-hydroxylation sites is 1. The predicted molar refractivity (Wildman–Crippen MR) is 55.6 cm³/mol. The third-order valence-electron chi connectivity index (χ3n) is 2.16. The highest BCUT2D eigenvalue weighted by atomic mass is 19.3. The van der Waals surface area contributed by atoms with Gasteiger partial charge in [-0.15, -0.1) is 0 Å². The monoisotopic (exact) mass is 229 g/mol. The molecule has 0 aliphatic rings. The highest BCUT2D eigenvalue weighted by Crippen LogP contribution is 2.24. The van der Waals surface area contributed by atoms with E-state index in [0.29, 0.717) is 11.3 Å². The van der Waals surface area contributed by atoms with Gasteiger partial charge < -0.3 is 10.1 Å². The van der Waals surface area contributed by atoms with Crippen LogP contribution in [0, 0.1) is 0 Å². The summed E-state index contributed by atoms with van der Waals surface area (Å²) in [4.78, 5) is 10.8. The molecule has 0 spiro atoms. The molecule has 0 heterocycles. The third kappa shape index (κ3) is 2.92. The lowest BCUT2D eigenvalue weighted by atomic mass is 10.1. The Morgan fingerprint density at radius 1 is 1.38 bits per heavy atom. The Morgan fingerprint density at radius 3 is 2.56 bits per heavy atom. The van der Waals surface area contributed by atoms with Crippen molar-refractivity contribution < 1.29 is 18.3 Å². The summed E-state index contributed by atoms with van der Waals surface area (Å²) >= 11 is 0. The maximum atomic E-state index is 12.0. The summed E-state index contributed by atoms with van der Waals surface area (Å²) in [6.07, 6.45) is -3.00. The van der Waals surface area contributed by atoms with Crippen LogP contribution in [0.15, 0.2) is 24.3 Å². The summed E-state index contributed by atoms with van der Waals surface area (Å²) in [5.74, 6) is -0.719. The van der Waals surface area contributed by atoms with Crippen LogP contribution in [-0.2, 0) is 4.79 Å². The molecule has 0 bridgehead atoms. The lowest BCUT2D eigenvalue weighted by Crippen LogP contribution is -2.32. The van der Waals surface area contributed by atoms with Crippen LogP contribution in [0.2, 0.25) is 0 Å². The molecule has 1 N–H and O–H groups in total. The Balaban J connectivity index is 2.80. The maximum absolute atomic E-state index is 12.0. The second-order valence-electron chi connectivity index (χ2n) is 3.27. The molecule has 1 aromatic carbocycles. The molecule has 3 nitrogen and oxygen atoms in total. The van der Waals surface area contributed by atoms with Crippen molar-refractivity contribution in [1.29, 1.82) is 0 Å². The molecule has 1 aromatic rings. The van der Waals surface area contributed by atoms with Crippen LogP contribution in [0.1, 0.15) is 18.5 Å². The van der Waals surface area contributed by atoms with E-state index in [1.54, 1.807) is 31.2 Å². The Bertz CT molecular complexity index is 369. The van der Waals surface area contributed by atoms with Crippen molar-refractivity contribution in [2.75, 3.05) is 7.11 Å². The van der Waals surface area contributed by atoms with Gasteiger partial charge in [0.1, 0.15) is 5.75 Å². The second-order valence-corrected chi connectivity index (χ2v) is 3.27. The van der Waals surface area contributed by atoms with Gasteiger partial charge in [0.2, 0.25) is 0 Å². The molecule has 1 atom stereocenters. The molecule has 0 fully saturated rings. The number of amides is 1. The number of hydrogen-bond donors (Lipinski definition) is 1. The first-order chi connectivity index (χ1) is 7.56. The lowest BCUT2D eigenvalue weighted by molar-refractivity contribution is -0.132. The molecule has 1 rings (SSSR count). The number of alkyl halides is 2. The topological polar surface area (TPSA) is 38.3 Å². The number of hydrogen-bond acceptors (Lipinski definition) is 2. The first-order valence-electron chi connectivity index (χ1n) is 4.77. The Kier molecular flexibility index (Phi) is 4.22. The van der Waals surface area contributed by atoms with Crippen molar-refractivity contribution in [1.82, 2.24) is 5.32 Å². The van der Waals surface area contributed by atoms with Crippen LogP contribution in [0.5, 0.6) is 5.75 Å². The number of carbonyl (C=O) groups is 1. The molecule has 1 amide bonds. The van der Waals surface area contributed by atoms with Crippen molar-refractivity contribution in [2.45, 2.75) is 19.4 Å². The molecule has 0 saturated carbocycles. The highest BCUT2D eigenvalue weighted by molar-refractivity contribution is 5.79. The first-order valence-corrected chi connectivity index (χ1v) is 4.77. The van der Waals surface area contributed by atoms with E-state index in [1.807, 2.05) is 0 Å². The SMILES string of the molecule is COc1ccccc1[C@@H](C)NC(=O)C(F)F. The van der Waals surface area contributed by atoms with E-state index in [-0.39, 0.29) is 0 Å². The number of carbonyl (C=O) groups excluding carboxylic acids is 1. The molecule has 0 aromatic heterocycles. The van der Waals surface area contributed by atoms with E-state index >= 15 is 0 Å². The summed E-state index contributed by atoms with van der Waals surface area (Å²) < 4.78 is 29.2. The minimum atomic E-state index is -3.00. The van der Waals surface area contributed by atoms with E-state index in [0.717, 1.165) is 0 Å². The highest BCUT2D eigenvalue weighted by Gasteiger charge is 2.19.